The third-order valence-electron chi connectivity index (χ3n) is 4.92. The van der Waals surface area contributed by atoms with Gasteiger partial charge in [-0.1, -0.05) is 31.4 Å². The van der Waals surface area contributed by atoms with Gasteiger partial charge in [-0.25, -0.2) is 0 Å². The SMILES string of the molecule is CSc1ccc(CN(C)C(C)C(=O)NC2(C#N)CCCCC2)cc1. The third kappa shape index (κ3) is 4.75. The number of carbonyl (C=O) groups excluding carboxylic acids is 1. The van der Waals surface area contributed by atoms with Crippen molar-refractivity contribution in [3.05, 3.63) is 29.8 Å². The predicted molar refractivity (Wildman–Crippen MR) is 98.7 cm³/mol. The second-order valence-corrected chi connectivity index (χ2v) is 7.56. The number of nitrogens with zero attached hydrogens (tertiary/aromatic N) is 2. The lowest BCUT2D eigenvalue weighted by Gasteiger charge is -2.34. The first-order valence-electron chi connectivity index (χ1n) is 8.56. The second-order valence-electron chi connectivity index (χ2n) is 6.68. The summed E-state index contributed by atoms with van der Waals surface area (Å²) >= 11 is 1.72. The Morgan fingerprint density at radius 1 is 1.33 bits per heavy atom. The Kier molecular flexibility index (Phi) is 6.70. The minimum absolute atomic E-state index is 0.0540. The molecular weight excluding hydrogens is 318 g/mol. The van der Waals surface area contributed by atoms with Gasteiger partial charge in [-0.3, -0.25) is 9.69 Å². The molecule has 1 aliphatic rings. The zero-order valence-corrected chi connectivity index (χ0v) is 15.7. The van der Waals surface area contributed by atoms with Gasteiger partial charge in [0.05, 0.1) is 12.1 Å². The summed E-state index contributed by atoms with van der Waals surface area (Å²) in [4.78, 5) is 15.9. The number of hydrogen-bond acceptors (Lipinski definition) is 4. The molecule has 1 fully saturated rings. The first-order valence-corrected chi connectivity index (χ1v) is 9.78. The van der Waals surface area contributed by atoms with Crippen molar-refractivity contribution >= 4 is 17.7 Å². The van der Waals surface area contributed by atoms with E-state index in [1.54, 1.807) is 11.8 Å². The molecular formula is C19H27N3OS. The van der Waals surface area contributed by atoms with Gasteiger partial charge in [-0.05, 0) is 50.8 Å². The molecule has 1 atom stereocenters. The van der Waals surface area contributed by atoms with E-state index in [1.165, 1.54) is 10.5 Å². The van der Waals surface area contributed by atoms with Crippen molar-refractivity contribution in [2.45, 2.75) is 62.0 Å². The number of hydrogen-bond donors (Lipinski definition) is 1. The number of likely N-dealkylation sites (N-methyl/N-ethyl adjacent to an activating group) is 1. The minimum atomic E-state index is -0.662. The molecule has 2 rings (SSSR count). The maximum Gasteiger partial charge on any atom is 0.238 e. The molecule has 0 bridgehead atoms. The number of benzene rings is 1. The highest BCUT2D eigenvalue weighted by Crippen LogP contribution is 2.27. The van der Waals surface area contributed by atoms with E-state index in [2.05, 4.69) is 41.9 Å². The normalized spacial score (nSPS) is 18.0. The maximum atomic E-state index is 12.6. The fraction of sp³-hybridized carbons (Fsp3) is 0.579. The fourth-order valence-corrected chi connectivity index (χ4v) is 3.52. The van der Waals surface area contributed by atoms with Crippen LogP contribution < -0.4 is 5.32 Å². The highest BCUT2D eigenvalue weighted by molar-refractivity contribution is 7.98. The Labute approximate surface area is 149 Å². The molecule has 1 N–H and O–H groups in total. The standard InChI is InChI=1S/C19H27N3OS/c1-15(18(23)21-19(14-20)11-5-4-6-12-19)22(2)13-16-7-9-17(24-3)10-8-16/h7-10,15H,4-6,11-13H2,1-3H3,(H,21,23). The van der Waals surface area contributed by atoms with Gasteiger partial charge in [-0.15, -0.1) is 11.8 Å². The molecule has 0 aromatic heterocycles. The Balaban J connectivity index is 1.94. The van der Waals surface area contributed by atoms with Gasteiger partial charge in [0.15, 0.2) is 0 Å². The van der Waals surface area contributed by atoms with Crippen LogP contribution in [0.25, 0.3) is 0 Å². The van der Waals surface area contributed by atoms with Gasteiger partial charge < -0.3 is 5.32 Å². The molecule has 130 valence electrons. The largest absolute Gasteiger partial charge is 0.336 e. The second kappa shape index (κ2) is 8.55. The fourth-order valence-electron chi connectivity index (χ4n) is 3.12. The lowest BCUT2D eigenvalue weighted by atomic mass is 9.82. The smallest absolute Gasteiger partial charge is 0.238 e. The Morgan fingerprint density at radius 2 is 1.96 bits per heavy atom. The lowest BCUT2D eigenvalue weighted by molar-refractivity contribution is -0.127. The topological polar surface area (TPSA) is 56.1 Å². The number of nitriles is 1. The van der Waals surface area contributed by atoms with Gasteiger partial charge in [-0.2, -0.15) is 5.26 Å². The van der Waals surface area contributed by atoms with Crippen molar-refractivity contribution in [3.8, 4) is 6.07 Å². The average Bonchev–Trinajstić information content (AvgIpc) is 2.62. The van der Waals surface area contributed by atoms with Crippen LogP contribution in [0.5, 0.6) is 0 Å². The monoisotopic (exact) mass is 345 g/mol. The van der Waals surface area contributed by atoms with E-state index in [9.17, 15) is 10.1 Å². The van der Waals surface area contributed by atoms with E-state index < -0.39 is 5.54 Å². The maximum absolute atomic E-state index is 12.6. The zero-order valence-electron chi connectivity index (χ0n) is 14.8. The minimum Gasteiger partial charge on any atom is -0.336 e. The molecule has 1 aromatic rings. The number of thioether (sulfide) groups is 1. The third-order valence-corrected chi connectivity index (χ3v) is 5.66. The van der Waals surface area contributed by atoms with E-state index in [-0.39, 0.29) is 11.9 Å². The molecule has 1 amide bonds. The van der Waals surface area contributed by atoms with E-state index in [1.807, 2.05) is 18.9 Å². The van der Waals surface area contributed by atoms with Crippen molar-refractivity contribution in [1.29, 1.82) is 5.26 Å². The summed E-state index contributed by atoms with van der Waals surface area (Å²) in [6, 6.07) is 10.5. The summed E-state index contributed by atoms with van der Waals surface area (Å²) < 4.78 is 0. The molecule has 0 radical (unpaired) electrons. The number of nitrogens with one attached hydrogen (secondary N) is 1. The number of rotatable bonds is 6. The first kappa shape index (κ1) is 18.8. The van der Waals surface area contributed by atoms with Gasteiger partial charge in [0.2, 0.25) is 5.91 Å². The summed E-state index contributed by atoms with van der Waals surface area (Å²) in [6.07, 6.45) is 6.77. The first-order chi connectivity index (χ1) is 11.5. The van der Waals surface area contributed by atoms with Crippen molar-refractivity contribution < 1.29 is 4.79 Å². The quantitative estimate of drug-likeness (QED) is 0.801. The van der Waals surface area contributed by atoms with Gasteiger partial charge in [0, 0.05) is 11.4 Å². The molecule has 0 aliphatic heterocycles. The molecule has 1 saturated carbocycles. The van der Waals surface area contributed by atoms with Crippen molar-refractivity contribution in [3.63, 3.8) is 0 Å². The van der Waals surface area contributed by atoms with Crippen LogP contribution in [0.1, 0.15) is 44.6 Å². The van der Waals surface area contributed by atoms with Crippen molar-refractivity contribution in [2.75, 3.05) is 13.3 Å². The average molecular weight is 346 g/mol. The highest BCUT2D eigenvalue weighted by atomic mass is 32.2. The summed E-state index contributed by atoms with van der Waals surface area (Å²) in [5, 5.41) is 12.5. The molecule has 0 saturated heterocycles. The van der Waals surface area contributed by atoms with Crippen LogP contribution in [0.15, 0.2) is 29.2 Å². The highest BCUT2D eigenvalue weighted by Gasteiger charge is 2.35. The zero-order chi connectivity index (χ0) is 17.6. The summed E-state index contributed by atoms with van der Waals surface area (Å²) in [5.74, 6) is -0.0540. The molecule has 24 heavy (non-hydrogen) atoms. The van der Waals surface area contributed by atoms with Crippen molar-refractivity contribution in [1.82, 2.24) is 10.2 Å². The molecule has 1 unspecified atom stereocenters. The van der Waals surface area contributed by atoms with Gasteiger partial charge >= 0.3 is 0 Å². The molecule has 0 spiro atoms. The van der Waals surface area contributed by atoms with Crippen LogP contribution in [0.4, 0.5) is 0 Å². The van der Waals surface area contributed by atoms with E-state index >= 15 is 0 Å². The molecule has 1 aliphatic carbocycles. The molecule has 1 aromatic carbocycles. The van der Waals surface area contributed by atoms with Crippen LogP contribution in [0, 0.1) is 11.3 Å². The number of carbonyl (C=O) groups is 1. The van der Waals surface area contributed by atoms with Crippen molar-refractivity contribution in [2.24, 2.45) is 0 Å². The van der Waals surface area contributed by atoms with Crippen LogP contribution >= 0.6 is 11.8 Å². The van der Waals surface area contributed by atoms with Crippen LogP contribution in [0.2, 0.25) is 0 Å². The predicted octanol–water partition coefficient (Wildman–Crippen LogP) is 3.57. The molecule has 5 heteroatoms. The lowest BCUT2D eigenvalue weighted by Crippen LogP contribution is -2.54. The van der Waals surface area contributed by atoms with Crippen LogP contribution in [-0.4, -0.2) is 35.7 Å². The summed E-state index contributed by atoms with van der Waals surface area (Å²) in [5.41, 5.74) is 0.521. The van der Waals surface area contributed by atoms with Crippen LogP contribution in [0.3, 0.4) is 0 Å². The molecule has 0 heterocycles. The summed E-state index contributed by atoms with van der Waals surface area (Å²) in [7, 11) is 1.95. The number of amides is 1. The molecule has 4 nitrogen and oxygen atoms in total. The van der Waals surface area contributed by atoms with E-state index in [0.717, 1.165) is 32.1 Å². The van der Waals surface area contributed by atoms with Gasteiger partial charge in [0.25, 0.3) is 0 Å². The summed E-state index contributed by atoms with van der Waals surface area (Å²) in [6.45, 7) is 2.61. The Hall–Kier alpha value is -1.51. The Morgan fingerprint density at radius 3 is 2.50 bits per heavy atom. The van der Waals surface area contributed by atoms with E-state index in [0.29, 0.717) is 6.54 Å². The van der Waals surface area contributed by atoms with Crippen LogP contribution in [-0.2, 0) is 11.3 Å². The Bertz CT molecular complexity index is 588. The van der Waals surface area contributed by atoms with E-state index in [4.69, 9.17) is 0 Å². The van der Waals surface area contributed by atoms with Gasteiger partial charge in [0.1, 0.15) is 5.54 Å².